The monoisotopic (exact) mass is 454 g/mol. The lowest BCUT2D eigenvalue weighted by molar-refractivity contribution is 0.164. The van der Waals surface area contributed by atoms with Gasteiger partial charge >= 0.3 is 6.09 Å². The summed E-state index contributed by atoms with van der Waals surface area (Å²) in [5.41, 5.74) is 3.97. The number of carbonyl (C=O) groups is 1. The molecule has 3 heterocycles. The van der Waals surface area contributed by atoms with Crippen molar-refractivity contribution >= 4 is 33.2 Å². The van der Waals surface area contributed by atoms with Crippen LogP contribution in [0.25, 0.3) is 16.9 Å². The van der Waals surface area contributed by atoms with Gasteiger partial charge in [-0.05, 0) is 59.0 Å². The number of nitrogens with one attached hydrogen (secondary N) is 2. The van der Waals surface area contributed by atoms with Gasteiger partial charge in [0, 0.05) is 18.8 Å². The van der Waals surface area contributed by atoms with Crippen LogP contribution in [0.5, 0.6) is 0 Å². The predicted molar refractivity (Wildman–Crippen MR) is 111 cm³/mol. The number of anilines is 1. The molecular weight excluding hydrogens is 436 g/mol. The van der Waals surface area contributed by atoms with Gasteiger partial charge in [-0.1, -0.05) is 0 Å². The third-order valence-electron chi connectivity index (χ3n) is 5.06. The second kappa shape index (κ2) is 8.09. The summed E-state index contributed by atoms with van der Waals surface area (Å²) in [6.45, 7) is 0.625. The van der Waals surface area contributed by atoms with Gasteiger partial charge in [-0.15, -0.1) is 0 Å². The Kier molecular flexibility index (Phi) is 5.36. The van der Waals surface area contributed by atoms with Crippen LogP contribution < -0.4 is 10.6 Å². The minimum absolute atomic E-state index is 0.339. The molecule has 0 aliphatic heterocycles. The molecule has 0 radical (unpaired) electrons. The second-order valence-corrected chi connectivity index (χ2v) is 7.87. The number of nitriles is 1. The topological polar surface area (TPSA) is 104 Å². The fourth-order valence-electron chi connectivity index (χ4n) is 3.48. The Morgan fingerprint density at radius 3 is 2.97 bits per heavy atom. The molecule has 3 aromatic heterocycles. The van der Waals surface area contributed by atoms with Gasteiger partial charge in [0.1, 0.15) is 6.07 Å². The zero-order chi connectivity index (χ0) is 20.4. The lowest BCUT2D eigenvalue weighted by atomic mass is 9.80. The number of pyridine rings is 1. The Balaban J connectivity index is 1.47. The number of ether oxygens (including phenoxy) is 1. The molecule has 1 aliphatic rings. The molecule has 1 saturated carbocycles. The molecule has 0 saturated heterocycles. The smallest absolute Gasteiger partial charge is 0.406 e. The number of rotatable bonds is 5. The van der Waals surface area contributed by atoms with E-state index in [0.29, 0.717) is 24.1 Å². The van der Waals surface area contributed by atoms with Crippen LogP contribution in [0.2, 0.25) is 0 Å². The first-order valence-electron chi connectivity index (χ1n) is 9.19. The van der Waals surface area contributed by atoms with Crippen LogP contribution in [-0.4, -0.2) is 40.4 Å². The van der Waals surface area contributed by atoms with Crippen LogP contribution in [0.4, 0.5) is 10.5 Å². The summed E-state index contributed by atoms with van der Waals surface area (Å²) >= 11 is 3.56. The zero-order valence-electron chi connectivity index (χ0n) is 15.7. The van der Waals surface area contributed by atoms with Crippen molar-refractivity contribution < 1.29 is 9.53 Å². The van der Waals surface area contributed by atoms with Crippen molar-refractivity contribution in [3.05, 3.63) is 46.7 Å². The van der Waals surface area contributed by atoms with Crippen LogP contribution in [0.15, 0.2) is 41.1 Å². The summed E-state index contributed by atoms with van der Waals surface area (Å²) in [6, 6.07) is 10.1. The average Bonchev–Trinajstić information content (AvgIpc) is 3.13. The Morgan fingerprint density at radius 2 is 2.21 bits per heavy atom. The zero-order valence-corrected chi connectivity index (χ0v) is 17.3. The fraction of sp³-hybridized carbons (Fsp3) is 0.300. The average molecular weight is 455 g/mol. The number of fused-ring (bicyclic) bond motifs is 1. The molecule has 1 fully saturated rings. The lowest BCUT2D eigenvalue weighted by Crippen LogP contribution is -2.42. The number of alkyl carbamates (subject to hydrolysis) is 1. The minimum atomic E-state index is -0.391. The largest absolute Gasteiger partial charge is 0.453 e. The molecular formula is C20H19BrN6O2. The Labute approximate surface area is 176 Å². The normalized spacial score (nSPS) is 18.0. The first-order chi connectivity index (χ1) is 14.1. The fourth-order valence-corrected chi connectivity index (χ4v) is 3.81. The molecule has 0 aromatic carbocycles. The second-order valence-electron chi connectivity index (χ2n) is 7.01. The maximum atomic E-state index is 11.2. The highest BCUT2D eigenvalue weighted by Gasteiger charge is 2.29. The molecule has 9 heteroatoms. The van der Waals surface area contributed by atoms with E-state index in [4.69, 9.17) is 5.26 Å². The summed E-state index contributed by atoms with van der Waals surface area (Å²) < 4.78 is 7.26. The van der Waals surface area contributed by atoms with Gasteiger partial charge in [0.15, 0.2) is 0 Å². The van der Waals surface area contributed by atoms with E-state index in [1.54, 1.807) is 23.0 Å². The molecule has 1 aliphatic carbocycles. The molecule has 1 amide bonds. The standard InChI is InChI=1S/C20H19BrN6O2/c1-29-20(28)24-9-12-4-14(5-12)26-17-7-18(23-11-16(17)21)19-3-2-15-6-13(8-22)10-25-27(15)19/h2-3,6-7,10-12,14H,4-5,9H2,1H3,(H,23,26)(H,24,28)/t12-,14-. The van der Waals surface area contributed by atoms with Gasteiger partial charge in [0.25, 0.3) is 0 Å². The van der Waals surface area contributed by atoms with E-state index >= 15 is 0 Å². The quantitative estimate of drug-likeness (QED) is 0.610. The summed E-state index contributed by atoms with van der Waals surface area (Å²) in [5.74, 6) is 0.444. The number of hydrogen-bond donors (Lipinski definition) is 2. The maximum absolute atomic E-state index is 11.2. The van der Waals surface area contributed by atoms with Crippen LogP contribution in [-0.2, 0) is 4.74 Å². The van der Waals surface area contributed by atoms with Gasteiger partial charge in [-0.2, -0.15) is 10.4 Å². The molecule has 0 atom stereocenters. The van der Waals surface area contributed by atoms with Crippen molar-refractivity contribution in [1.29, 1.82) is 5.26 Å². The summed E-state index contributed by atoms with van der Waals surface area (Å²) in [7, 11) is 1.37. The van der Waals surface area contributed by atoms with E-state index in [2.05, 4.69) is 47.5 Å². The van der Waals surface area contributed by atoms with Gasteiger partial charge in [-0.25, -0.2) is 9.31 Å². The van der Waals surface area contributed by atoms with Crippen molar-refractivity contribution in [2.45, 2.75) is 18.9 Å². The number of hydrogen-bond acceptors (Lipinski definition) is 6. The van der Waals surface area contributed by atoms with Crippen molar-refractivity contribution in [2.24, 2.45) is 5.92 Å². The summed E-state index contributed by atoms with van der Waals surface area (Å²) in [4.78, 5) is 15.7. The van der Waals surface area contributed by atoms with Gasteiger partial charge in [0.2, 0.25) is 0 Å². The highest BCUT2D eigenvalue weighted by molar-refractivity contribution is 9.10. The van der Waals surface area contributed by atoms with E-state index in [0.717, 1.165) is 39.9 Å². The van der Waals surface area contributed by atoms with E-state index in [9.17, 15) is 4.79 Å². The van der Waals surface area contributed by atoms with Gasteiger partial charge in [0.05, 0.1) is 45.9 Å². The van der Waals surface area contributed by atoms with Crippen LogP contribution in [0, 0.1) is 17.2 Å². The Morgan fingerprint density at radius 1 is 1.38 bits per heavy atom. The third kappa shape index (κ3) is 4.03. The highest BCUT2D eigenvalue weighted by Crippen LogP contribution is 2.34. The molecule has 0 bridgehead atoms. The van der Waals surface area contributed by atoms with E-state index < -0.39 is 6.09 Å². The summed E-state index contributed by atoms with van der Waals surface area (Å²) in [5, 5.41) is 19.7. The molecule has 29 heavy (non-hydrogen) atoms. The van der Waals surface area contributed by atoms with Crippen LogP contribution in [0.1, 0.15) is 18.4 Å². The maximum Gasteiger partial charge on any atom is 0.406 e. The number of halogens is 1. The van der Waals surface area contributed by atoms with Crippen LogP contribution in [0.3, 0.4) is 0 Å². The number of aromatic nitrogens is 3. The Hall–Kier alpha value is -3.12. The first-order valence-corrected chi connectivity index (χ1v) is 9.99. The predicted octanol–water partition coefficient (Wildman–Crippen LogP) is 3.58. The first kappa shape index (κ1) is 19.2. The highest BCUT2D eigenvalue weighted by atomic mass is 79.9. The molecule has 2 N–H and O–H groups in total. The lowest BCUT2D eigenvalue weighted by Gasteiger charge is -2.36. The molecule has 3 aromatic rings. The SMILES string of the molecule is COC(=O)NC[C@H]1C[C@H](Nc2cc(-c3ccc4cc(C#N)cnn34)ncc2Br)C1. The van der Waals surface area contributed by atoms with Crippen molar-refractivity contribution in [1.82, 2.24) is 19.9 Å². The van der Waals surface area contributed by atoms with E-state index in [-0.39, 0.29) is 0 Å². The molecule has 0 unspecified atom stereocenters. The minimum Gasteiger partial charge on any atom is -0.453 e. The van der Waals surface area contributed by atoms with Crippen molar-refractivity contribution in [2.75, 3.05) is 19.0 Å². The van der Waals surface area contributed by atoms with Gasteiger partial charge in [-0.3, -0.25) is 4.98 Å². The van der Waals surface area contributed by atoms with Gasteiger partial charge < -0.3 is 15.4 Å². The molecule has 148 valence electrons. The Bertz CT molecular complexity index is 1100. The molecule has 0 spiro atoms. The summed E-state index contributed by atoms with van der Waals surface area (Å²) in [6.07, 6.45) is 4.88. The molecule has 4 rings (SSSR count). The number of nitrogens with zero attached hydrogens (tertiary/aromatic N) is 4. The van der Waals surface area contributed by atoms with Crippen LogP contribution >= 0.6 is 15.9 Å². The van der Waals surface area contributed by atoms with Crippen molar-refractivity contribution in [3.8, 4) is 17.5 Å². The third-order valence-corrected chi connectivity index (χ3v) is 5.69. The van der Waals surface area contributed by atoms with E-state index in [1.807, 2.05) is 18.2 Å². The number of carbonyl (C=O) groups excluding carboxylic acids is 1. The van der Waals surface area contributed by atoms with E-state index in [1.165, 1.54) is 7.11 Å². The number of amides is 1. The number of methoxy groups -OCH3 is 1. The van der Waals surface area contributed by atoms with Crippen molar-refractivity contribution in [3.63, 3.8) is 0 Å². The molecule has 8 nitrogen and oxygen atoms in total.